The number of rotatable bonds is 2. The average Bonchev–Trinajstić information content (AvgIpc) is 2.36. The van der Waals surface area contributed by atoms with Gasteiger partial charge in [0.2, 0.25) is 0 Å². The van der Waals surface area contributed by atoms with Gasteiger partial charge in [-0.3, -0.25) is 9.69 Å². The molecule has 2 rings (SSSR count). The smallest absolute Gasteiger partial charge is 0.410 e. The van der Waals surface area contributed by atoms with E-state index in [1.807, 2.05) is 30.3 Å². The fourth-order valence-corrected chi connectivity index (χ4v) is 2.19. The van der Waals surface area contributed by atoms with Crippen molar-refractivity contribution >= 4 is 27.8 Å². The molecule has 0 aliphatic carbocycles. The monoisotopic (exact) mass is 309 g/mol. The van der Waals surface area contributed by atoms with E-state index in [9.17, 15) is 9.59 Å². The van der Waals surface area contributed by atoms with Crippen LogP contribution < -0.4 is 0 Å². The maximum atomic E-state index is 11.8. The number of benzene rings is 1. The van der Waals surface area contributed by atoms with E-state index in [0.29, 0.717) is 11.0 Å². The fraction of sp³-hybridized carbons (Fsp3) is 0.231. The van der Waals surface area contributed by atoms with Crippen molar-refractivity contribution in [1.82, 2.24) is 4.90 Å². The lowest BCUT2D eigenvalue weighted by Gasteiger charge is -2.23. The van der Waals surface area contributed by atoms with E-state index in [2.05, 4.69) is 15.9 Å². The molecular weight excluding hydrogens is 298 g/mol. The summed E-state index contributed by atoms with van der Waals surface area (Å²) in [6, 6.07) is 9.42. The number of ether oxygens (including phenoxy) is 1. The molecule has 0 unspecified atom stereocenters. The second-order valence-corrected chi connectivity index (χ2v) is 4.97. The first-order chi connectivity index (χ1) is 8.65. The van der Waals surface area contributed by atoms with Crippen LogP contribution in [-0.2, 0) is 16.1 Å². The van der Waals surface area contributed by atoms with Crippen molar-refractivity contribution in [3.05, 3.63) is 46.5 Å². The van der Waals surface area contributed by atoms with Crippen molar-refractivity contribution in [2.75, 3.05) is 13.1 Å². The summed E-state index contributed by atoms with van der Waals surface area (Å²) in [4.78, 5) is 24.4. The Morgan fingerprint density at radius 1 is 1.28 bits per heavy atom. The normalized spacial score (nSPS) is 15.3. The van der Waals surface area contributed by atoms with E-state index in [-0.39, 0.29) is 18.9 Å². The minimum Gasteiger partial charge on any atom is -0.445 e. The van der Waals surface area contributed by atoms with Gasteiger partial charge in [-0.25, -0.2) is 4.79 Å². The summed E-state index contributed by atoms with van der Waals surface area (Å²) in [5, 5.41) is 0. The maximum absolute atomic E-state index is 11.8. The van der Waals surface area contributed by atoms with Crippen LogP contribution in [0.5, 0.6) is 0 Å². The van der Waals surface area contributed by atoms with Gasteiger partial charge in [-0.05, 0) is 11.6 Å². The molecule has 1 aromatic rings. The molecule has 0 saturated carbocycles. The molecule has 0 spiro atoms. The van der Waals surface area contributed by atoms with Crippen LogP contribution >= 0.6 is 15.9 Å². The Balaban J connectivity index is 1.89. The molecule has 4 nitrogen and oxygen atoms in total. The molecule has 1 aliphatic heterocycles. The van der Waals surface area contributed by atoms with Crippen LogP contribution in [0.4, 0.5) is 4.79 Å². The number of carbonyl (C=O) groups is 2. The number of nitrogens with zero attached hydrogens (tertiary/aromatic N) is 1. The molecule has 1 aliphatic rings. The second kappa shape index (κ2) is 5.82. The van der Waals surface area contributed by atoms with Crippen LogP contribution in [0.1, 0.15) is 5.56 Å². The number of amides is 1. The van der Waals surface area contributed by atoms with Crippen molar-refractivity contribution in [3.8, 4) is 0 Å². The van der Waals surface area contributed by atoms with Crippen LogP contribution in [-0.4, -0.2) is 29.9 Å². The zero-order valence-electron chi connectivity index (χ0n) is 9.64. The second-order valence-electron chi connectivity index (χ2n) is 3.95. The number of carbonyl (C=O) groups excluding carboxylic acids is 2. The van der Waals surface area contributed by atoms with Crippen LogP contribution in [0, 0.1) is 0 Å². The topological polar surface area (TPSA) is 46.6 Å². The first-order valence-corrected chi connectivity index (χ1v) is 6.29. The number of hydrogen-bond donors (Lipinski definition) is 0. The summed E-state index contributed by atoms with van der Waals surface area (Å²) in [5.74, 6) is -0.107. The van der Waals surface area contributed by atoms with E-state index in [1.165, 1.54) is 11.0 Å². The van der Waals surface area contributed by atoms with Crippen LogP contribution in [0.15, 0.2) is 40.9 Å². The van der Waals surface area contributed by atoms with E-state index in [0.717, 1.165) is 5.56 Å². The van der Waals surface area contributed by atoms with Gasteiger partial charge in [-0.1, -0.05) is 46.3 Å². The van der Waals surface area contributed by atoms with Gasteiger partial charge < -0.3 is 4.74 Å². The molecule has 5 heteroatoms. The van der Waals surface area contributed by atoms with Crippen LogP contribution in [0.25, 0.3) is 0 Å². The lowest BCUT2D eigenvalue weighted by Crippen LogP contribution is -2.39. The predicted molar refractivity (Wildman–Crippen MR) is 70.2 cm³/mol. The molecule has 0 aromatic heterocycles. The molecule has 94 valence electrons. The van der Waals surface area contributed by atoms with Gasteiger partial charge in [0.25, 0.3) is 0 Å². The maximum Gasteiger partial charge on any atom is 0.410 e. The molecule has 0 atom stereocenters. The molecule has 18 heavy (non-hydrogen) atoms. The summed E-state index contributed by atoms with van der Waals surface area (Å²) in [6.45, 7) is 0.660. The van der Waals surface area contributed by atoms with Crippen molar-refractivity contribution in [3.63, 3.8) is 0 Å². The van der Waals surface area contributed by atoms with Crippen molar-refractivity contribution in [2.24, 2.45) is 0 Å². The van der Waals surface area contributed by atoms with E-state index in [4.69, 9.17) is 4.74 Å². The third-order valence-electron chi connectivity index (χ3n) is 2.47. The fourth-order valence-electron chi connectivity index (χ4n) is 1.63. The minimum absolute atomic E-state index is 0.0721. The molecule has 1 heterocycles. The summed E-state index contributed by atoms with van der Waals surface area (Å²) in [6.07, 6.45) is 1.01. The Bertz CT molecular complexity index is 484. The summed E-state index contributed by atoms with van der Waals surface area (Å²) in [5.41, 5.74) is 0.920. The van der Waals surface area contributed by atoms with E-state index < -0.39 is 6.09 Å². The van der Waals surface area contributed by atoms with Crippen molar-refractivity contribution in [2.45, 2.75) is 6.61 Å². The van der Waals surface area contributed by atoms with Crippen LogP contribution in [0.3, 0.4) is 0 Å². The first kappa shape index (κ1) is 12.8. The van der Waals surface area contributed by atoms with Gasteiger partial charge in [0, 0.05) is 4.48 Å². The number of ketones is 1. The van der Waals surface area contributed by atoms with Gasteiger partial charge >= 0.3 is 6.09 Å². The highest BCUT2D eigenvalue weighted by Crippen LogP contribution is 2.14. The highest BCUT2D eigenvalue weighted by atomic mass is 79.9. The lowest BCUT2D eigenvalue weighted by molar-refractivity contribution is -0.115. The van der Waals surface area contributed by atoms with Crippen LogP contribution in [0.2, 0.25) is 0 Å². The minimum atomic E-state index is -0.475. The zero-order valence-corrected chi connectivity index (χ0v) is 11.2. The quantitative estimate of drug-likeness (QED) is 0.843. The van der Waals surface area contributed by atoms with E-state index >= 15 is 0 Å². The Kier molecular flexibility index (Phi) is 4.15. The van der Waals surface area contributed by atoms with E-state index in [1.54, 1.807) is 0 Å². The predicted octanol–water partition coefficient (Wildman–Crippen LogP) is 2.49. The summed E-state index contributed by atoms with van der Waals surface area (Å²) < 4.78 is 5.84. The highest BCUT2D eigenvalue weighted by Gasteiger charge is 2.22. The molecule has 1 aromatic carbocycles. The van der Waals surface area contributed by atoms with Gasteiger partial charge in [0.1, 0.15) is 6.61 Å². The molecular formula is C13H12BrNO3. The summed E-state index contributed by atoms with van der Waals surface area (Å²) in [7, 11) is 0. The molecule has 0 fully saturated rings. The zero-order chi connectivity index (χ0) is 13.0. The Morgan fingerprint density at radius 2 is 2.00 bits per heavy atom. The summed E-state index contributed by atoms with van der Waals surface area (Å²) >= 11 is 3.22. The highest BCUT2D eigenvalue weighted by molar-refractivity contribution is 9.11. The third kappa shape index (κ3) is 3.43. The van der Waals surface area contributed by atoms with Crippen molar-refractivity contribution < 1.29 is 14.3 Å². The number of halogens is 1. The van der Waals surface area contributed by atoms with Crippen molar-refractivity contribution in [1.29, 1.82) is 0 Å². The molecule has 0 saturated heterocycles. The lowest BCUT2D eigenvalue weighted by atomic mass is 10.2. The standard InChI is InChI=1S/C13H12BrNO3/c14-11-6-12(16)8-15(7-11)13(17)18-9-10-4-2-1-3-5-10/h1-6H,7-9H2. The Labute approximate surface area is 113 Å². The Hall–Kier alpha value is -1.62. The molecule has 0 radical (unpaired) electrons. The van der Waals surface area contributed by atoms with Gasteiger partial charge in [-0.2, -0.15) is 0 Å². The number of hydrogen-bond acceptors (Lipinski definition) is 3. The third-order valence-corrected chi connectivity index (χ3v) is 2.95. The average molecular weight is 310 g/mol. The molecule has 0 N–H and O–H groups in total. The largest absolute Gasteiger partial charge is 0.445 e. The molecule has 1 amide bonds. The molecule has 0 bridgehead atoms. The van der Waals surface area contributed by atoms with Gasteiger partial charge in [-0.15, -0.1) is 0 Å². The Morgan fingerprint density at radius 3 is 2.67 bits per heavy atom. The van der Waals surface area contributed by atoms with Gasteiger partial charge in [0.05, 0.1) is 13.1 Å². The first-order valence-electron chi connectivity index (χ1n) is 5.49. The SMILES string of the molecule is O=C1C=C(Br)CN(C(=O)OCc2ccccc2)C1. The van der Waals surface area contributed by atoms with Gasteiger partial charge in [0.15, 0.2) is 5.78 Å².